The van der Waals surface area contributed by atoms with Crippen LogP contribution in [-0.4, -0.2) is 31.5 Å². The minimum atomic E-state index is -0.0592. The van der Waals surface area contributed by atoms with Gasteiger partial charge >= 0.3 is 0 Å². The molecule has 0 aliphatic heterocycles. The van der Waals surface area contributed by atoms with Crippen molar-refractivity contribution in [2.24, 2.45) is 0 Å². The van der Waals surface area contributed by atoms with Crippen LogP contribution in [0.25, 0.3) is 0 Å². The molecule has 1 N–H and O–H groups in total. The zero-order chi connectivity index (χ0) is 17.7. The van der Waals surface area contributed by atoms with Gasteiger partial charge in [0.1, 0.15) is 5.75 Å². The summed E-state index contributed by atoms with van der Waals surface area (Å²) < 4.78 is 7.24. The number of halogens is 2. The molecule has 2 rings (SSSR count). The number of benzene rings is 2. The predicted octanol–water partition coefficient (Wildman–Crippen LogP) is 4.60. The minimum absolute atomic E-state index is 0.0592. The number of hydrogen-bond donors (Lipinski definition) is 1. The number of likely N-dealkylation sites (N-methyl/N-ethyl adjacent to an activating group) is 1. The van der Waals surface area contributed by atoms with Crippen LogP contribution in [-0.2, 0) is 11.3 Å². The molecule has 6 heteroatoms. The van der Waals surface area contributed by atoms with E-state index in [4.69, 9.17) is 4.74 Å². The molecular weight excluding hydrogens is 436 g/mol. The number of nitrogens with one attached hydrogen (secondary N) is 1. The lowest BCUT2D eigenvalue weighted by Gasteiger charge is -2.18. The van der Waals surface area contributed by atoms with Gasteiger partial charge in [-0.2, -0.15) is 0 Å². The molecule has 4 nitrogen and oxygen atoms in total. The van der Waals surface area contributed by atoms with Crippen molar-refractivity contribution in [3.8, 4) is 5.75 Å². The molecule has 0 bridgehead atoms. The first-order valence-corrected chi connectivity index (χ1v) is 9.04. The summed E-state index contributed by atoms with van der Waals surface area (Å²) >= 11 is 6.94. The van der Waals surface area contributed by atoms with E-state index < -0.39 is 0 Å². The topological polar surface area (TPSA) is 41.6 Å². The molecule has 1 amide bonds. The van der Waals surface area contributed by atoms with Crippen LogP contribution in [0.5, 0.6) is 5.75 Å². The van der Waals surface area contributed by atoms with E-state index in [0.29, 0.717) is 6.54 Å². The average Bonchev–Trinajstić information content (AvgIpc) is 2.50. The Labute approximate surface area is 159 Å². The Kier molecular flexibility index (Phi) is 6.83. The maximum atomic E-state index is 12.3. The second-order valence-electron chi connectivity index (χ2n) is 5.66. The number of aryl methyl sites for hydroxylation is 1. The van der Waals surface area contributed by atoms with Crippen molar-refractivity contribution in [2.45, 2.75) is 13.5 Å². The SMILES string of the molecule is COc1ccc(Br)cc1CN(C)CC(=O)Nc1ccc(C)cc1Br. The lowest BCUT2D eigenvalue weighted by Crippen LogP contribution is -2.30. The van der Waals surface area contributed by atoms with Crippen molar-refractivity contribution >= 4 is 43.5 Å². The van der Waals surface area contributed by atoms with Gasteiger partial charge in [0.05, 0.1) is 19.3 Å². The first kappa shape index (κ1) is 19.0. The van der Waals surface area contributed by atoms with Gasteiger partial charge in [0.2, 0.25) is 5.91 Å². The van der Waals surface area contributed by atoms with Crippen LogP contribution in [0.2, 0.25) is 0 Å². The van der Waals surface area contributed by atoms with Crippen molar-refractivity contribution in [3.63, 3.8) is 0 Å². The predicted molar refractivity (Wildman–Crippen MR) is 105 cm³/mol. The maximum absolute atomic E-state index is 12.3. The van der Waals surface area contributed by atoms with Crippen LogP contribution in [0, 0.1) is 6.92 Å². The van der Waals surface area contributed by atoms with Gasteiger partial charge < -0.3 is 10.1 Å². The van der Waals surface area contributed by atoms with E-state index in [1.807, 2.05) is 55.3 Å². The lowest BCUT2D eigenvalue weighted by molar-refractivity contribution is -0.117. The van der Waals surface area contributed by atoms with E-state index in [-0.39, 0.29) is 12.5 Å². The Morgan fingerprint density at radius 1 is 1.21 bits per heavy atom. The first-order valence-electron chi connectivity index (χ1n) is 7.46. The number of carbonyl (C=O) groups excluding carboxylic acids is 1. The molecule has 2 aromatic rings. The summed E-state index contributed by atoms with van der Waals surface area (Å²) in [6, 6.07) is 11.7. The Morgan fingerprint density at radius 2 is 1.96 bits per heavy atom. The Bertz CT molecular complexity index is 735. The normalized spacial score (nSPS) is 10.8. The van der Waals surface area contributed by atoms with E-state index in [1.54, 1.807) is 7.11 Å². The quantitative estimate of drug-likeness (QED) is 0.691. The summed E-state index contributed by atoms with van der Waals surface area (Å²) in [6.45, 7) is 2.91. The van der Waals surface area contributed by atoms with Crippen molar-refractivity contribution in [2.75, 3.05) is 26.0 Å². The highest BCUT2D eigenvalue weighted by atomic mass is 79.9. The summed E-state index contributed by atoms with van der Waals surface area (Å²) in [5.41, 5.74) is 2.94. The zero-order valence-electron chi connectivity index (χ0n) is 13.9. The van der Waals surface area contributed by atoms with Gasteiger partial charge in [0.25, 0.3) is 0 Å². The molecule has 0 fully saturated rings. The first-order chi connectivity index (χ1) is 11.4. The fourth-order valence-electron chi connectivity index (χ4n) is 2.37. The molecule has 128 valence electrons. The zero-order valence-corrected chi connectivity index (χ0v) is 17.1. The van der Waals surface area contributed by atoms with Crippen LogP contribution in [0.3, 0.4) is 0 Å². The molecule has 0 radical (unpaired) electrons. The number of anilines is 1. The molecule has 0 saturated heterocycles. The van der Waals surface area contributed by atoms with Crippen molar-refractivity contribution in [1.82, 2.24) is 4.90 Å². The molecule has 24 heavy (non-hydrogen) atoms. The summed E-state index contributed by atoms with van der Waals surface area (Å²) in [5, 5.41) is 2.93. The molecule has 0 heterocycles. The molecule has 0 atom stereocenters. The van der Waals surface area contributed by atoms with Crippen LogP contribution < -0.4 is 10.1 Å². The highest BCUT2D eigenvalue weighted by molar-refractivity contribution is 9.10. The Morgan fingerprint density at radius 3 is 2.62 bits per heavy atom. The summed E-state index contributed by atoms with van der Waals surface area (Å²) in [4.78, 5) is 14.2. The monoisotopic (exact) mass is 454 g/mol. The van der Waals surface area contributed by atoms with Crippen molar-refractivity contribution < 1.29 is 9.53 Å². The highest BCUT2D eigenvalue weighted by Gasteiger charge is 2.12. The molecule has 0 aromatic heterocycles. The van der Waals surface area contributed by atoms with E-state index in [0.717, 1.165) is 31.5 Å². The largest absolute Gasteiger partial charge is 0.496 e. The van der Waals surface area contributed by atoms with Gasteiger partial charge in [0, 0.05) is 21.1 Å². The molecular formula is C18H20Br2N2O2. The van der Waals surface area contributed by atoms with E-state index in [1.165, 1.54) is 0 Å². The molecule has 0 spiro atoms. The van der Waals surface area contributed by atoms with Gasteiger partial charge in [-0.05, 0) is 65.8 Å². The van der Waals surface area contributed by atoms with E-state index in [9.17, 15) is 4.79 Å². The summed E-state index contributed by atoms with van der Waals surface area (Å²) in [7, 11) is 3.55. The smallest absolute Gasteiger partial charge is 0.238 e. The van der Waals surface area contributed by atoms with Gasteiger partial charge in [-0.1, -0.05) is 22.0 Å². The molecule has 2 aromatic carbocycles. The average molecular weight is 456 g/mol. The van der Waals surface area contributed by atoms with Crippen molar-refractivity contribution in [1.29, 1.82) is 0 Å². The number of ether oxygens (including phenoxy) is 1. The second-order valence-corrected chi connectivity index (χ2v) is 7.43. The van der Waals surface area contributed by atoms with Gasteiger partial charge in [0.15, 0.2) is 0 Å². The van der Waals surface area contributed by atoms with Gasteiger partial charge in [-0.25, -0.2) is 0 Å². The van der Waals surface area contributed by atoms with Gasteiger partial charge in [-0.15, -0.1) is 0 Å². The standard InChI is InChI=1S/C18H20Br2N2O2/c1-12-4-6-16(15(20)8-12)21-18(23)11-22(2)10-13-9-14(19)5-7-17(13)24-3/h4-9H,10-11H2,1-3H3,(H,21,23). The second kappa shape index (κ2) is 8.65. The van der Waals surface area contributed by atoms with Crippen LogP contribution >= 0.6 is 31.9 Å². The fourth-order valence-corrected chi connectivity index (χ4v) is 3.37. The number of methoxy groups -OCH3 is 1. The lowest BCUT2D eigenvalue weighted by atomic mass is 10.2. The Balaban J connectivity index is 1.98. The number of rotatable bonds is 6. The number of hydrogen-bond acceptors (Lipinski definition) is 3. The van der Waals surface area contributed by atoms with Gasteiger partial charge in [-0.3, -0.25) is 9.69 Å². The van der Waals surface area contributed by atoms with E-state index in [2.05, 4.69) is 37.2 Å². The van der Waals surface area contributed by atoms with Crippen LogP contribution in [0.15, 0.2) is 45.3 Å². The van der Waals surface area contributed by atoms with E-state index >= 15 is 0 Å². The Hall–Kier alpha value is -1.37. The van der Waals surface area contributed by atoms with Crippen LogP contribution in [0.4, 0.5) is 5.69 Å². The highest BCUT2D eigenvalue weighted by Crippen LogP contribution is 2.25. The number of nitrogens with zero attached hydrogens (tertiary/aromatic N) is 1. The number of amides is 1. The molecule has 0 aliphatic carbocycles. The number of carbonyl (C=O) groups is 1. The maximum Gasteiger partial charge on any atom is 0.238 e. The van der Waals surface area contributed by atoms with Crippen LogP contribution in [0.1, 0.15) is 11.1 Å². The molecule has 0 unspecified atom stereocenters. The fraction of sp³-hybridized carbons (Fsp3) is 0.278. The third-order valence-electron chi connectivity index (χ3n) is 3.49. The summed E-state index contributed by atoms with van der Waals surface area (Å²) in [6.07, 6.45) is 0. The third kappa shape index (κ3) is 5.33. The molecule has 0 aliphatic rings. The summed E-state index contributed by atoms with van der Waals surface area (Å²) in [5.74, 6) is 0.753. The minimum Gasteiger partial charge on any atom is -0.496 e. The third-order valence-corrected chi connectivity index (χ3v) is 4.64. The van der Waals surface area contributed by atoms with Crippen molar-refractivity contribution in [3.05, 3.63) is 56.5 Å². The molecule has 0 saturated carbocycles.